The largest absolute Gasteiger partial charge is 0.466 e. The minimum atomic E-state index is -0.196. The molecule has 1 aliphatic heterocycles. The number of piperazine rings is 1. The van der Waals surface area contributed by atoms with Gasteiger partial charge in [0.25, 0.3) is 0 Å². The number of halogens is 2. The molecular formula is C26H34Cl2N2O2. The van der Waals surface area contributed by atoms with Crippen molar-refractivity contribution >= 4 is 36.4 Å². The van der Waals surface area contributed by atoms with Crippen LogP contribution in [-0.2, 0) is 22.4 Å². The molecule has 0 aromatic heterocycles. The Bertz CT molecular complexity index is 867. The minimum Gasteiger partial charge on any atom is -0.466 e. The number of fused-ring (bicyclic) bond motifs is 2. The Balaban J connectivity index is 0.00000181. The summed E-state index contributed by atoms with van der Waals surface area (Å²) in [6.07, 6.45) is 6.56. The van der Waals surface area contributed by atoms with Crippen molar-refractivity contribution in [3.05, 3.63) is 76.9 Å². The van der Waals surface area contributed by atoms with Crippen LogP contribution in [0.4, 0.5) is 0 Å². The smallest absolute Gasteiger partial charge is 0.302 e. The number of rotatable bonds is 6. The first-order valence-corrected chi connectivity index (χ1v) is 11.2. The van der Waals surface area contributed by atoms with Gasteiger partial charge in [0.05, 0.1) is 6.61 Å². The van der Waals surface area contributed by atoms with Gasteiger partial charge in [0.1, 0.15) is 0 Å². The normalized spacial score (nSPS) is 17.7. The predicted molar refractivity (Wildman–Crippen MR) is 136 cm³/mol. The summed E-state index contributed by atoms with van der Waals surface area (Å²) in [6, 6.07) is 18.1. The van der Waals surface area contributed by atoms with Crippen LogP contribution in [0, 0.1) is 0 Å². The highest BCUT2D eigenvalue weighted by Gasteiger charge is 2.20. The minimum absolute atomic E-state index is 0. The number of benzene rings is 2. The molecule has 2 aromatic rings. The van der Waals surface area contributed by atoms with E-state index in [0.717, 1.165) is 51.9 Å². The summed E-state index contributed by atoms with van der Waals surface area (Å²) in [7, 11) is 0. The van der Waals surface area contributed by atoms with Gasteiger partial charge >= 0.3 is 5.97 Å². The van der Waals surface area contributed by atoms with E-state index in [0.29, 0.717) is 12.6 Å². The van der Waals surface area contributed by atoms with Crippen LogP contribution < -0.4 is 5.32 Å². The fourth-order valence-electron chi connectivity index (χ4n) is 4.66. The van der Waals surface area contributed by atoms with Crippen LogP contribution in [0.1, 0.15) is 42.0 Å². The zero-order valence-corrected chi connectivity index (χ0v) is 20.4. The van der Waals surface area contributed by atoms with E-state index in [4.69, 9.17) is 4.74 Å². The highest BCUT2D eigenvalue weighted by Crippen LogP contribution is 2.33. The summed E-state index contributed by atoms with van der Waals surface area (Å²) in [5.74, 6) is -0.196. The van der Waals surface area contributed by atoms with Crippen molar-refractivity contribution in [3.8, 4) is 0 Å². The lowest BCUT2D eigenvalue weighted by molar-refractivity contribution is -0.141. The molecule has 4 nitrogen and oxygen atoms in total. The Morgan fingerprint density at radius 3 is 2.31 bits per heavy atom. The van der Waals surface area contributed by atoms with Gasteiger partial charge in [-0.3, -0.25) is 4.79 Å². The van der Waals surface area contributed by atoms with E-state index < -0.39 is 0 Å². The second-order valence-corrected chi connectivity index (χ2v) is 8.30. The average molecular weight is 477 g/mol. The highest BCUT2D eigenvalue weighted by molar-refractivity contribution is 5.86. The topological polar surface area (TPSA) is 41.6 Å². The lowest BCUT2D eigenvalue weighted by Gasteiger charge is -2.33. The molecule has 1 fully saturated rings. The van der Waals surface area contributed by atoms with Crippen molar-refractivity contribution in [2.45, 2.75) is 38.6 Å². The molecule has 6 heteroatoms. The zero-order valence-electron chi connectivity index (χ0n) is 18.7. The molecule has 0 saturated carbocycles. The van der Waals surface area contributed by atoms with Crippen LogP contribution >= 0.6 is 24.8 Å². The van der Waals surface area contributed by atoms with Crippen molar-refractivity contribution in [3.63, 3.8) is 0 Å². The van der Waals surface area contributed by atoms with Gasteiger partial charge in [-0.1, -0.05) is 54.6 Å². The average Bonchev–Trinajstić information content (AvgIpc) is 2.91. The maximum absolute atomic E-state index is 11.0. The van der Waals surface area contributed by atoms with E-state index in [1.165, 1.54) is 34.8 Å². The van der Waals surface area contributed by atoms with Crippen molar-refractivity contribution < 1.29 is 9.53 Å². The first-order valence-electron chi connectivity index (χ1n) is 11.2. The van der Waals surface area contributed by atoms with Crippen LogP contribution in [0.25, 0.3) is 5.57 Å². The molecule has 32 heavy (non-hydrogen) atoms. The number of nitrogens with one attached hydrogen (secondary N) is 1. The molecule has 0 radical (unpaired) electrons. The molecule has 1 heterocycles. The summed E-state index contributed by atoms with van der Waals surface area (Å²) < 4.78 is 5.11. The molecule has 0 spiro atoms. The number of carbonyl (C=O) groups is 1. The molecule has 1 unspecified atom stereocenters. The monoisotopic (exact) mass is 476 g/mol. The van der Waals surface area contributed by atoms with E-state index in [9.17, 15) is 4.79 Å². The maximum atomic E-state index is 11.0. The summed E-state index contributed by atoms with van der Waals surface area (Å²) in [5.41, 5.74) is 7.07. The molecule has 174 valence electrons. The lowest BCUT2D eigenvalue weighted by Crippen LogP contribution is -2.51. The fourth-order valence-corrected chi connectivity index (χ4v) is 4.66. The van der Waals surface area contributed by atoms with Gasteiger partial charge in [-0.15, -0.1) is 24.8 Å². The molecule has 0 amide bonds. The molecule has 1 saturated heterocycles. The number of hydrogen-bond acceptors (Lipinski definition) is 4. The van der Waals surface area contributed by atoms with Gasteiger partial charge in [0, 0.05) is 39.1 Å². The summed E-state index contributed by atoms with van der Waals surface area (Å²) >= 11 is 0. The Morgan fingerprint density at radius 2 is 1.69 bits per heavy atom. The molecule has 4 rings (SSSR count). The standard InChI is InChI=1S/C26H32N2O2.2ClH/c1-20(29)30-18-14-23-19-28(17-15-27-23)16-6-11-26-24-9-4-2-7-21(24)12-13-22-8-3-5-10-25(22)26;;/h2-5,7-11,23,27H,6,12-19H2,1H3;2*1H. The van der Waals surface area contributed by atoms with Crippen LogP contribution in [0.2, 0.25) is 0 Å². The van der Waals surface area contributed by atoms with Gasteiger partial charge in [-0.25, -0.2) is 0 Å². The van der Waals surface area contributed by atoms with Crippen molar-refractivity contribution in [1.82, 2.24) is 10.2 Å². The van der Waals surface area contributed by atoms with Gasteiger partial charge in [-0.05, 0) is 53.5 Å². The summed E-state index contributed by atoms with van der Waals surface area (Å²) in [5, 5.41) is 3.55. The number of hydrogen-bond donors (Lipinski definition) is 1. The fraction of sp³-hybridized carbons (Fsp3) is 0.423. The molecule has 1 aliphatic carbocycles. The van der Waals surface area contributed by atoms with E-state index >= 15 is 0 Å². The second-order valence-electron chi connectivity index (χ2n) is 8.30. The Hall–Kier alpha value is -1.85. The summed E-state index contributed by atoms with van der Waals surface area (Å²) in [4.78, 5) is 13.5. The van der Waals surface area contributed by atoms with Crippen molar-refractivity contribution in [2.24, 2.45) is 0 Å². The van der Waals surface area contributed by atoms with Crippen LogP contribution in [0.3, 0.4) is 0 Å². The first-order chi connectivity index (χ1) is 14.7. The lowest BCUT2D eigenvalue weighted by atomic mass is 9.93. The molecule has 0 bridgehead atoms. The number of carbonyl (C=O) groups excluding carboxylic acids is 1. The molecule has 2 aliphatic rings. The van der Waals surface area contributed by atoms with Crippen LogP contribution in [0.15, 0.2) is 54.6 Å². The number of aryl methyl sites for hydroxylation is 2. The van der Waals surface area contributed by atoms with Crippen LogP contribution in [0.5, 0.6) is 0 Å². The summed E-state index contributed by atoms with van der Waals surface area (Å²) in [6.45, 7) is 6.10. The Labute approximate surface area is 204 Å². The quantitative estimate of drug-likeness (QED) is 0.614. The zero-order chi connectivity index (χ0) is 20.8. The Morgan fingerprint density at radius 1 is 1.06 bits per heavy atom. The van der Waals surface area contributed by atoms with E-state index in [2.05, 4.69) is 64.8 Å². The third kappa shape index (κ3) is 6.82. The number of ether oxygens (including phenoxy) is 1. The number of esters is 1. The molecule has 2 aromatic carbocycles. The second kappa shape index (κ2) is 13.0. The predicted octanol–water partition coefficient (Wildman–Crippen LogP) is 4.68. The molecular weight excluding hydrogens is 443 g/mol. The highest BCUT2D eigenvalue weighted by atomic mass is 35.5. The molecule has 1 N–H and O–H groups in total. The van der Waals surface area contributed by atoms with Gasteiger partial charge in [0.15, 0.2) is 0 Å². The molecule has 1 atom stereocenters. The van der Waals surface area contributed by atoms with Crippen LogP contribution in [-0.4, -0.2) is 49.7 Å². The third-order valence-electron chi connectivity index (χ3n) is 6.18. The first kappa shape index (κ1) is 26.4. The van der Waals surface area contributed by atoms with Gasteiger partial charge < -0.3 is 15.0 Å². The third-order valence-corrected chi connectivity index (χ3v) is 6.18. The van der Waals surface area contributed by atoms with E-state index in [1.807, 2.05) is 0 Å². The van der Waals surface area contributed by atoms with E-state index in [1.54, 1.807) is 0 Å². The maximum Gasteiger partial charge on any atom is 0.302 e. The van der Waals surface area contributed by atoms with Gasteiger partial charge in [-0.2, -0.15) is 0 Å². The van der Waals surface area contributed by atoms with Crippen molar-refractivity contribution in [2.75, 3.05) is 32.8 Å². The SMILES string of the molecule is CC(=O)OCCC1CN(CCC=C2c3ccccc3CCc3ccccc32)CCN1.Cl.Cl. The van der Waals surface area contributed by atoms with E-state index in [-0.39, 0.29) is 30.8 Å². The van der Waals surface area contributed by atoms with Gasteiger partial charge in [0.2, 0.25) is 0 Å². The van der Waals surface area contributed by atoms with Crippen molar-refractivity contribution in [1.29, 1.82) is 0 Å². The number of nitrogens with zero attached hydrogens (tertiary/aromatic N) is 1. The Kier molecular flexibility index (Phi) is 10.7.